The van der Waals surface area contributed by atoms with Gasteiger partial charge >= 0.3 is 0 Å². The van der Waals surface area contributed by atoms with Gasteiger partial charge in [0.2, 0.25) is 0 Å². The molecule has 1 fully saturated rings. The molecular formula is C13H20N2O. The van der Waals surface area contributed by atoms with Crippen molar-refractivity contribution in [2.75, 3.05) is 33.8 Å². The molecule has 2 rings (SSSR count). The molecule has 3 heteroatoms. The molecule has 0 bridgehead atoms. The van der Waals surface area contributed by atoms with E-state index in [-0.39, 0.29) is 5.54 Å². The Morgan fingerprint density at radius 2 is 2.25 bits per heavy atom. The van der Waals surface area contributed by atoms with Crippen LogP contribution in [0.3, 0.4) is 0 Å². The van der Waals surface area contributed by atoms with E-state index in [9.17, 15) is 0 Å². The van der Waals surface area contributed by atoms with Gasteiger partial charge in [-0.2, -0.15) is 0 Å². The van der Waals surface area contributed by atoms with Gasteiger partial charge in [-0.1, -0.05) is 12.1 Å². The van der Waals surface area contributed by atoms with Crippen molar-refractivity contribution in [2.45, 2.75) is 12.5 Å². The molecule has 0 saturated carbocycles. The third-order valence-electron chi connectivity index (χ3n) is 3.63. The number of nitrogens with zero attached hydrogens (tertiary/aromatic N) is 1. The second kappa shape index (κ2) is 4.44. The molecule has 0 radical (unpaired) electrons. The number of piperazine rings is 1. The zero-order valence-corrected chi connectivity index (χ0v) is 10.3. The van der Waals surface area contributed by atoms with Gasteiger partial charge in [-0.25, -0.2) is 0 Å². The molecule has 1 heterocycles. The van der Waals surface area contributed by atoms with Crippen LogP contribution in [-0.4, -0.2) is 38.7 Å². The van der Waals surface area contributed by atoms with E-state index < -0.39 is 0 Å². The van der Waals surface area contributed by atoms with Gasteiger partial charge in [0, 0.05) is 19.6 Å². The molecule has 1 unspecified atom stereocenters. The third kappa shape index (κ3) is 1.93. The van der Waals surface area contributed by atoms with Crippen molar-refractivity contribution in [3.8, 4) is 5.75 Å². The first-order chi connectivity index (χ1) is 7.66. The summed E-state index contributed by atoms with van der Waals surface area (Å²) >= 11 is 0. The summed E-state index contributed by atoms with van der Waals surface area (Å²) in [6, 6.07) is 8.35. The second-order valence-corrected chi connectivity index (χ2v) is 4.60. The fraction of sp³-hybridized carbons (Fsp3) is 0.538. The monoisotopic (exact) mass is 220 g/mol. The molecule has 3 nitrogen and oxygen atoms in total. The number of likely N-dealkylation sites (N-methyl/N-ethyl adjacent to an activating group) is 1. The molecule has 1 N–H and O–H groups in total. The summed E-state index contributed by atoms with van der Waals surface area (Å²) in [6.45, 7) is 5.40. The molecule has 0 aromatic heterocycles. The van der Waals surface area contributed by atoms with Crippen LogP contribution in [0.2, 0.25) is 0 Å². The Morgan fingerprint density at radius 3 is 2.94 bits per heavy atom. The van der Waals surface area contributed by atoms with Crippen LogP contribution in [0.4, 0.5) is 0 Å². The number of ether oxygens (including phenoxy) is 1. The van der Waals surface area contributed by atoms with E-state index in [2.05, 4.69) is 42.4 Å². The Kier molecular flexibility index (Phi) is 3.17. The van der Waals surface area contributed by atoms with Gasteiger partial charge in [0.1, 0.15) is 5.75 Å². The van der Waals surface area contributed by atoms with E-state index in [0.29, 0.717) is 0 Å². The van der Waals surface area contributed by atoms with Crippen LogP contribution in [0.1, 0.15) is 12.5 Å². The molecule has 1 aliphatic rings. The predicted molar refractivity (Wildman–Crippen MR) is 65.8 cm³/mol. The first-order valence-corrected chi connectivity index (χ1v) is 5.73. The lowest BCUT2D eigenvalue weighted by Crippen LogP contribution is -2.55. The van der Waals surface area contributed by atoms with E-state index in [1.807, 2.05) is 6.07 Å². The van der Waals surface area contributed by atoms with Gasteiger partial charge in [0.25, 0.3) is 0 Å². The van der Waals surface area contributed by atoms with Crippen LogP contribution < -0.4 is 10.1 Å². The average molecular weight is 220 g/mol. The van der Waals surface area contributed by atoms with Crippen molar-refractivity contribution < 1.29 is 4.74 Å². The van der Waals surface area contributed by atoms with Gasteiger partial charge in [0.05, 0.1) is 12.6 Å². The molecule has 0 amide bonds. The Hall–Kier alpha value is -1.06. The summed E-state index contributed by atoms with van der Waals surface area (Å²) in [5.74, 6) is 0.928. The summed E-state index contributed by atoms with van der Waals surface area (Å²) in [6.07, 6.45) is 0. The van der Waals surface area contributed by atoms with Gasteiger partial charge in [0.15, 0.2) is 0 Å². The lowest BCUT2D eigenvalue weighted by Gasteiger charge is -2.43. The minimum atomic E-state index is 0.0623. The number of rotatable bonds is 2. The highest BCUT2D eigenvalue weighted by atomic mass is 16.5. The quantitative estimate of drug-likeness (QED) is 0.816. The maximum absolute atomic E-state index is 5.29. The fourth-order valence-electron chi connectivity index (χ4n) is 2.24. The van der Waals surface area contributed by atoms with Crippen molar-refractivity contribution in [1.82, 2.24) is 10.2 Å². The molecular weight excluding hydrogens is 200 g/mol. The van der Waals surface area contributed by atoms with E-state index in [0.717, 1.165) is 25.4 Å². The lowest BCUT2D eigenvalue weighted by molar-refractivity contribution is 0.104. The maximum atomic E-state index is 5.29. The topological polar surface area (TPSA) is 24.5 Å². The SMILES string of the molecule is COc1cccc(C2(C)CNCCN2C)c1. The highest BCUT2D eigenvalue weighted by Gasteiger charge is 2.33. The number of nitrogens with one attached hydrogen (secondary N) is 1. The zero-order valence-electron chi connectivity index (χ0n) is 10.3. The highest BCUT2D eigenvalue weighted by molar-refractivity contribution is 5.33. The van der Waals surface area contributed by atoms with Gasteiger partial charge in [-0.05, 0) is 31.7 Å². The summed E-state index contributed by atoms with van der Waals surface area (Å²) in [7, 11) is 3.89. The van der Waals surface area contributed by atoms with Crippen LogP contribution >= 0.6 is 0 Å². The minimum absolute atomic E-state index is 0.0623. The number of hydrogen-bond acceptors (Lipinski definition) is 3. The summed E-state index contributed by atoms with van der Waals surface area (Å²) in [5, 5.41) is 3.46. The largest absolute Gasteiger partial charge is 0.497 e. The Morgan fingerprint density at radius 1 is 1.44 bits per heavy atom. The molecule has 16 heavy (non-hydrogen) atoms. The number of benzene rings is 1. The molecule has 1 saturated heterocycles. The standard InChI is InChI=1S/C13H20N2O/c1-13(10-14-7-8-15(13)2)11-5-4-6-12(9-11)16-3/h4-6,9,14H,7-8,10H2,1-3H3. The fourth-order valence-corrected chi connectivity index (χ4v) is 2.24. The molecule has 88 valence electrons. The van der Waals surface area contributed by atoms with Crippen molar-refractivity contribution in [2.24, 2.45) is 0 Å². The Balaban J connectivity index is 2.33. The van der Waals surface area contributed by atoms with Gasteiger partial charge in [-0.3, -0.25) is 4.90 Å². The molecule has 1 aromatic carbocycles. The van der Waals surface area contributed by atoms with Gasteiger partial charge in [-0.15, -0.1) is 0 Å². The maximum Gasteiger partial charge on any atom is 0.119 e. The van der Waals surface area contributed by atoms with Crippen LogP contribution in [0.5, 0.6) is 5.75 Å². The predicted octanol–water partition coefficient (Wildman–Crippen LogP) is 1.45. The zero-order chi connectivity index (χ0) is 11.6. The Labute approximate surface area is 97.4 Å². The van der Waals surface area contributed by atoms with Crippen LogP contribution in [0, 0.1) is 0 Å². The second-order valence-electron chi connectivity index (χ2n) is 4.60. The first kappa shape index (κ1) is 11.4. The molecule has 1 atom stereocenters. The van der Waals surface area contributed by atoms with E-state index in [4.69, 9.17) is 4.74 Å². The molecule has 1 aliphatic heterocycles. The highest BCUT2D eigenvalue weighted by Crippen LogP contribution is 2.30. The van der Waals surface area contributed by atoms with Crippen molar-refractivity contribution in [3.63, 3.8) is 0 Å². The molecule has 0 spiro atoms. The number of methoxy groups -OCH3 is 1. The van der Waals surface area contributed by atoms with Crippen molar-refractivity contribution in [1.29, 1.82) is 0 Å². The van der Waals surface area contributed by atoms with Crippen LogP contribution in [-0.2, 0) is 5.54 Å². The van der Waals surface area contributed by atoms with Crippen LogP contribution in [0.25, 0.3) is 0 Å². The average Bonchev–Trinajstić information content (AvgIpc) is 2.33. The summed E-state index contributed by atoms with van der Waals surface area (Å²) in [4.78, 5) is 2.40. The third-order valence-corrected chi connectivity index (χ3v) is 3.63. The van der Waals surface area contributed by atoms with E-state index >= 15 is 0 Å². The van der Waals surface area contributed by atoms with Crippen molar-refractivity contribution in [3.05, 3.63) is 29.8 Å². The smallest absolute Gasteiger partial charge is 0.119 e. The van der Waals surface area contributed by atoms with Crippen LogP contribution in [0.15, 0.2) is 24.3 Å². The molecule has 1 aromatic rings. The molecule has 0 aliphatic carbocycles. The number of hydrogen-bond donors (Lipinski definition) is 1. The van der Waals surface area contributed by atoms with Crippen molar-refractivity contribution >= 4 is 0 Å². The van der Waals surface area contributed by atoms with E-state index in [1.54, 1.807) is 7.11 Å². The minimum Gasteiger partial charge on any atom is -0.497 e. The normalized spacial score (nSPS) is 26.7. The lowest BCUT2D eigenvalue weighted by atomic mass is 9.88. The first-order valence-electron chi connectivity index (χ1n) is 5.73. The summed E-state index contributed by atoms with van der Waals surface area (Å²) in [5.41, 5.74) is 1.37. The van der Waals surface area contributed by atoms with Gasteiger partial charge < -0.3 is 10.1 Å². The Bertz CT molecular complexity index is 367. The summed E-state index contributed by atoms with van der Waals surface area (Å²) < 4.78 is 5.29. The van der Waals surface area contributed by atoms with E-state index in [1.165, 1.54) is 5.56 Å².